The van der Waals surface area contributed by atoms with Gasteiger partial charge in [-0.15, -0.1) is 0 Å². The summed E-state index contributed by atoms with van der Waals surface area (Å²) in [5, 5.41) is 15.0. The van der Waals surface area contributed by atoms with E-state index in [1.807, 2.05) is 7.05 Å². The summed E-state index contributed by atoms with van der Waals surface area (Å²) in [6.07, 6.45) is 1.82. The highest BCUT2D eigenvalue weighted by Crippen LogP contribution is 2.31. The van der Waals surface area contributed by atoms with Gasteiger partial charge in [0.2, 0.25) is 10.0 Å². The molecule has 2 heterocycles. The Morgan fingerprint density at radius 2 is 1.77 bits per heavy atom. The predicted octanol–water partition coefficient (Wildman–Crippen LogP) is 2.06. The predicted molar refractivity (Wildman–Crippen MR) is 117 cm³/mol. The molecule has 1 aromatic carbocycles. The summed E-state index contributed by atoms with van der Waals surface area (Å²) < 4.78 is 27.3. The van der Waals surface area contributed by atoms with E-state index < -0.39 is 14.9 Å². The minimum absolute atomic E-state index is 0.0175. The van der Waals surface area contributed by atoms with Crippen LogP contribution in [0.25, 0.3) is 0 Å². The number of benzene rings is 1. The second-order valence-electron chi connectivity index (χ2n) is 8.76. The van der Waals surface area contributed by atoms with Crippen molar-refractivity contribution in [3.8, 4) is 0 Å². The summed E-state index contributed by atoms with van der Waals surface area (Å²) in [6, 6.07) is 4.37. The van der Waals surface area contributed by atoms with Crippen LogP contribution in [0.4, 0.5) is 11.4 Å². The first-order valence-electron chi connectivity index (χ1n) is 10.6. The fourth-order valence-electron chi connectivity index (χ4n) is 4.12. The number of rotatable bonds is 7. The number of nitro groups is 1. The van der Waals surface area contributed by atoms with Crippen molar-refractivity contribution < 1.29 is 13.3 Å². The number of piperazine rings is 1. The average molecular weight is 440 g/mol. The Morgan fingerprint density at radius 1 is 1.13 bits per heavy atom. The number of nitrogens with one attached hydrogen (secondary N) is 1. The van der Waals surface area contributed by atoms with E-state index in [2.05, 4.69) is 29.0 Å². The minimum Gasteiger partial charge on any atom is -0.377 e. The average Bonchev–Trinajstić information content (AvgIpc) is 2.69. The third-order valence-corrected chi connectivity index (χ3v) is 7.73. The van der Waals surface area contributed by atoms with Crippen molar-refractivity contribution in [2.45, 2.75) is 37.6 Å². The van der Waals surface area contributed by atoms with Crippen LogP contribution in [0.2, 0.25) is 0 Å². The second-order valence-corrected chi connectivity index (χ2v) is 10.7. The lowest BCUT2D eigenvalue weighted by Crippen LogP contribution is -2.47. The van der Waals surface area contributed by atoms with E-state index >= 15 is 0 Å². The maximum Gasteiger partial charge on any atom is 0.293 e. The largest absolute Gasteiger partial charge is 0.377 e. The number of hydrogen-bond acceptors (Lipinski definition) is 7. The summed E-state index contributed by atoms with van der Waals surface area (Å²) in [5.74, 6) is 0.616. The summed E-state index contributed by atoms with van der Waals surface area (Å²) in [5.41, 5.74) is 0.203. The van der Waals surface area contributed by atoms with Gasteiger partial charge in [0.25, 0.3) is 5.69 Å². The minimum atomic E-state index is -3.74. The van der Waals surface area contributed by atoms with Gasteiger partial charge in [-0.3, -0.25) is 10.1 Å². The summed E-state index contributed by atoms with van der Waals surface area (Å²) in [6.45, 7) is 9.46. The molecule has 0 atom stereocenters. The van der Waals surface area contributed by atoms with Crippen molar-refractivity contribution >= 4 is 21.4 Å². The topological polar surface area (TPSA) is 99.0 Å². The van der Waals surface area contributed by atoms with Crippen molar-refractivity contribution in [3.63, 3.8) is 0 Å². The lowest BCUT2D eigenvalue weighted by atomic mass is 10.0. The number of sulfonamides is 1. The van der Waals surface area contributed by atoms with Crippen LogP contribution in [0, 0.1) is 16.0 Å². The molecule has 0 spiro atoms. The van der Waals surface area contributed by atoms with Crippen LogP contribution in [0.3, 0.4) is 0 Å². The molecule has 0 radical (unpaired) electrons. The Morgan fingerprint density at radius 3 is 2.33 bits per heavy atom. The Balaban J connectivity index is 1.72. The van der Waals surface area contributed by atoms with Crippen LogP contribution in [0.1, 0.15) is 26.7 Å². The number of hydrogen-bond donors (Lipinski definition) is 1. The van der Waals surface area contributed by atoms with Gasteiger partial charge in [-0.1, -0.05) is 13.8 Å². The molecule has 0 aliphatic carbocycles. The van der Waals surface area contributed by atoms with Crippen molar-refractivity contribution in [3.05, 3.63) is 28.3 Å². The van der Waals surface area contributed by atoms with Crippen LogP contribution in [0.5, 0.6) is 0 Å². The lowest BCUT2D eigenvalue weighted by Gasteiger charge is -2.33. The molecule has 0 unspecified atom stereocenters. The van der Waals surface area contributed by atoms with Crippen molar-refractivity contribution in [1.82, 2.24) is 14.1 Å². The van der Waals surface area contributed by atoms with Gasteiger partial charge < -0.3 is 15.1 Å². The normalized spacial score (nSPS) is 20.5. The van der Waals surface area contributed by atoms with E-state index in [9.17, 15) is 18.5 Å². The van der Waals surface area contributed by atoms with E-state index in [-0.39, 0.29) is 16.6 Å². The highest BCUT2D eigenvalue weighted by Gasteiger charge is 2.30. The van der Waals surface area contributed by atoms with Gasteiger partial charge in [0.05, 0.1) is 9.82 Å². The maximum atomic E-state index is 13.0. The molecule has 1 aromatic rings. The third kappa shape index (κ3) is 5.48. The Kier molecular flexibility index (Phi) is 7.33. The molecule has 0 aromatic heterocycles. The van der Waals surface area contributed by atoms with Gasteiger partial charge in [0.15, 0.2) is 0 Å². The quantitative estimate of drug-likeness (QED) is 0.513. The Labute approximate surface area is 179 Å². The SMILES string of the molecule is CC(C)CN1CCC(Nc2ccc(S(=O)(=O)N3CCN(C)CC3)cc2[N+](=O)[O-])CC1. The summed E-state index contributed by atoms with van der Waals surface area (Å²) >= 11 is 0. The molecule has 2 aliphatic heterocycles. The van der Waals surface area contributed by atoms with Crippen LogP contribution in [-0.4, -0.2) is 86.3 Å². The molecule has 1 N–H and O–H groups in total. The lowest BCUT2D eigenvalue weighted by molar-refractivity contribution is -0.384. The van der Waals surface area contributed by atoms with Crippen molar-refractivity contribution in [1.29, 1.82) is 0 Å². The number of piperidine rings is 1. The fourth-order valence-corrected chi connectivity index (χ4v) is 5.56. The number of likely N-dealkylation sites (tertiary alicyclic amines) is 1. The third-order valence-electron chi connectivity index (χ3n) is 5.84. The smallest absolute Gasteiger partial charge is 0.293 e. The van der Waals surface area contributed by atoms with Gasteiger partial charge in [-0.2, -0.15) is 4.31 Å². The summed E-state index contributed by atoms with van der Waals surface area (Å²) in [4.78, 5) is 15.6. The molecule has 9 nitrogen and oxygen atoms in total. The number of anilines is 1. The standard InChI is InChI=1S/C20H33N5O4S/c1-16(2)15-23-8-6-17(7-9-23)21-19-5-4-18(14-20(19)25(26)27)30(28,29)24-12-10-22(3)11-13-24/h4-5,14,16-17,21H,6-13,15H2,1-3H3. The molecule has 168 valence electrons. The first kappa shape index (κ1) is 22.9. The molecular formula is C20H33N5O4S. The van der Waals surface area contributed by atoms with Gasteiger partial charge in [0, 0.05) is 57.9 Å². The van der Waals surface area contributed by atoms with Gasteiger partial charge in [-0.25, -0.2) is 8.42 Å². The number of nitrogens with zero attached hydrogens (tertiary/aromatic N) is 4. The molecule has 2 fully saturated rings. The first-order valence-corrected chi connectivity index (χ1v) is 12.1. The van der Waals surface area contributed by atoms with Gasteiger partial charge in [-0.05, 0) is 37.9 Å². The maximum absolute atomic E-state index is 13.0. The van der Waals surface area contributed by atoms with Gasteiger partial charge >= 0.3 is 0 Å². The molecule has 0 amide bonds. The zero-order valence-electron chi connectivity index (χ0n) is 18.1. The number of nitro benzene ring substituents is 1. The van der Waals surface area contributed by atoms with Crippen molar-refractivity contribution in [2.75, 3.05) is 58.2 Å². The van der Waals surface area contributed by atoms with Crippen molar-refractivity contribution in [2.24, 2.45) is 5.92 Å². The molecule has 30 heavy (non-hydrogen) atoms. The molecule has 2 saturated heterocycles. The van der Waals surface area contributed by atoms with Crippen LogP contribution >= 0.6 is 0 Å². The Hall–Kier alpha value is -1.75. The van der Waals surface area contributed by atoms with E-state index in [1.54, 1.807) is 6.07 Å². The molecular weight excluding hydrogens is 406 g/mol. The van der Waals surface area contributed by atoms with E-state index in [4.69, 9.17) is 0 Å². The van der Waals surface area contributed by atoms with Crippen LogP contribution in [-0.2, 0) is 10.0 Å². The van der Waals surface area contributed by atoms with Crippen LogP contribution < -0.4 is 5.32 Å². The Bertz CT molecular complexity index is 845. The highest BCUT2D eigenvalue weighted by molar-refractivity contribution is 7.89. The van der Waals surface area contributed by atoms with E-state index in [0.717, 1.165) is 32.5 Å². The zero-order chi connectivity index (χ0) is 21.9. The molecule has 10 heteroatoms. The second kappa shape index (κ2) is 9.59. The van der Waals surface area contributed by atoms with Crippen LogP contribution in [0.15, 0.2) is 23.1 Å². The number of likely N-dealkylation sites (N-methyl/N-ethyl adjacent to an activating group) is 1. The molecule has 0 bridgehead atoms. The summed E-state index contributed by atoms with van der Waals surface area (Å²) in [7, 11) is -1.80. The molecule has 0 saturated carbocycles. The van der Waals surface area contributed by atoms with E-state index in [0.29, 0.717) is 37.8 Å². The molecule has 3 rings (SSSR count). The fraction of sp³-hybridized carbons (Fsp3) is 0.700. The highest BCUT2D eigenvalue weighted by atomic mass is 32.2. The first-order chi connectivity index (χ1) is 14.2. The van der Waals surface area contributed by atoms with E-state index in [1.165, 1.54) is 16.4 Å². The molecule has 2 aliphatic rings. The zero-order valence-corrected chi connectivity index (χ0v) is 18.9. The monoisotopic (exact) mass is 439 g/mol. The van der Waals surface area contributed by atoms with Gasteiger partial charge in [0.1, 0.15) is 5.69 Å².